The van der Waals surface area contributed by atoms with Crippen molar-refractivity contribution < 1.29 is 4.92 Å². The Hall–Kier alpha value is -2.44. The van der Waals surface area contributed by atoms with Gasteiger partial charge in [0.05, 0.1) is 38.7 Å². The van der Waals surface area contributed by atoms with Crippen molar-refractivity contribution in [2.75, 3.05) is 0 Å². The van der Waals surface area contributed by atoms with Crippen LogP contribution in [0, 0.1) is 10.1 Å². The van der Waals surface area contributed by atoms with E-state index in [1.165, 1.54) is 29.1 Å². The summed E-state index contributed by atoms with van der Waals surface area (Å²) in [6.07, 6.45) is 1.40. The number of benzene rings is 2. The number of rotatable bonds is 3. The van der Waals surface area contributed by atoms with E-state index in [0.29, 0.717) is 15.6 Å². The quantitative estimate of drug-likeness (QED) is 0.533. The first-order chi connectivity index (χ1) is 11.0. The highest BCUT2D eigenvalue weighted by molar-refractivity contribution is 6.42. The van der Waals surface area contributed by atoms with E-state index in [1.807, 2.05) is 0 Å². The number of fused-ring (bicyclic) bond motifs is 1. The van der Waals surface area contributed by atoms with Crippen LogP contribution in [0.15, 0.2) is 47.5 Å². The highest BCUT2D eigenvalue weighted by Crippen LogP contribution is 2.23. The molecule has 0 atom stereocenters. The standard InChI is InChI=1S/C15H9Cl2N3O3/c16-12-3-1-9(5-13(12)17)7-19-8-18-14-4-2-10(20(22)23)6-11(14)15(19)21/h1-6,8H,7H2. The van der Waals surface area contributed by atoms with Gasteiger partial charge in [0.25, 0.3) is 11.2 Å². The van der Waals surface area contributed by atoms with Crippen molar-refractivity contribution in [3.63, 3.8) is 0 Å². The number of non-ortho nitro benzene ring substituents is 1. The monoisotopic (exact) mass is 349 g/mol. The first-order valence-corrected chi connectivity index (χ1v) is 7.29. The molecule has 0 aliphatic heterocycles. The molecule has 0 aliphatic carbocycles. The summed E-state index contributed by atoms with van der Waals surface area (Å²) in [7, 11) is 0. The van der Waals surface area contributed by atoms with Gasteiger partial charge < -0.3 is 0 Å². The molecule has 6 nitrogen and oxygen atoms in total. The molecule has 0 amide bonds. The molecule has 2 aromatic carbocycles. The summed E-state index contributed by atoms with van der Waals surface area (Å²) < 4.78 is 1.37. The van der Waals surface area contributed by atoms with E-state index in [2.05, 4.69) is 4.98 Å². The maximum Gasteiger partial charge on any atom is 0.270 e. The molecule has 0 radical (unpaired) electrons. The van der Waals surface area contributed by atoms with Gasteiger partial charge in [0, 0.05) is 12.1 Å². The summed E-state index contributed by atoms with van der Waals surface area (Å²) in [5.41, 5.74) is 0.674. The van der Waals surface area contributed by atoms with E-state index < -0.39 is 4.92 Å². The summed E-state index contributed by atoms with van der Waals surface area (Å²) in [4.78, 5) is 27.0. The lowest BCUT2D eigenvalue weighted by atomic mass is 10.2. The van der Waals surface area contributed by atoms with Gasteiger partial charge in [-0.15, -0.1) is 0 Å². The van der Waals surface area contributed by atoms with Crippen LogP contribution >= 0.6 is 23.2 Å². The van der Waals surface area contributed by atoms with Gasteiger partial charge >= 0.3 is 0 Å². The molecular weight excluding hydrogens is 341 g/mol. The molecular formula is C15H9Cl2N3O3. The molecule has 0 saturated heterocycles. The van der Waals surface area contributed by atoms with Crippen LogP contribution in [-0.2, 0) is 6.54 Å². The molecule has 0 bridgehead atoms. The van der Waals surface area contributed by atoms with Gasteiger partial charge in [-0.1, -0.05) is 29.3 Å². The Kier molecular flexibility index (Phi) is 4.02. The van der Waals surface area contributed by atoms with E-state index in [4.69, 9.17) is 23.2 Å². The van der Waals surface area contributed by atoms with Crippen LogP contribution in [0.5, 0.6) is 0 Å². The second-order valence-corrected chi connectivity index (χ2v) is 5.70. The van der Waals surface area contributed by atoms with Crippen LogP contribution in [0.25, 0.3) is 10.9 Å². The Balaban J connectivity index is 2.07. The Morgan fingerprint density at radius 3 is 2.61 bits per heavy atom. The van der Waals surface area contributed by atoms with Crippen LogP contribution in [0.1, 0.15) is 5.56 Å². The third kappa shape index (κ3) is 3.04. The zero-order chi connectivity index (χ0) is 16.6. The van der Waals surface area contributed by atoms with Gasteiger partial charge in [0.2, 0.25) is 0 Å². The molecule has 3 aromatic rings. The second kappa shape index (κ2) is 5.98. The van der Waals surface area contributed by atoms with Gasteiger partial charge in [-0.25, -0.2) is 4.98 Å². The number of hydrogen-bond acceptors (Lipinski definition) is 4. The van der Waals surface area contributed by atoms with E-state index in [9.17, 15) is 14.9 Å². The van der Waals surface area contributed by atoms with E-state index in [0.717, 1.165) is 5.56 Å². The van der Waals surface area contributed by atoms with Gasteiger partial charge in [-0.05, 0) is 23.8 Å². The molecule has 8 heteroatoms. The lowest BCUT2D eigenvalue weighted by Gasteiger charge is -2.07. The Morgan fingerprint density at radius 1 is 1.13 bits per heavy atom. The SMILES string of the molecule is O=c1c2cc([N+](=O)[O-])ccc2ncn1Cc1ccc(Cl)c(Cl)c1. The predicted octanol–water partition coefficient (Wildman–Crippen LogP) is 3.66. The fraction of sp³-hybridized carbons (Fsp3) is 0.0667. The second-order valence-electron chi connectivity index (χ2n) is 4.88. The van der Waals surface area contributed by atoms with Crippen molar-refractivity contribution in [3.05, 3.63) is 78.8 Å². The summed E-state index contributed by atoms with van der Waals surface area (Å²) in [6.45, 7) is 0.237. The van der Waals surface area contributed by atoms with Crippen LogP contribution in [0.2, 0.25) is 10.0 Å². The van der Waals surface area contributed by atoms with E-state index in [-0.39, 0.29) is 23.2 Å². The Labute approximate surface area is 140 Å². The number of halogens is 2. The van der Waals surface area contributed by atoms with Crippen molar-refractivity contribution in [2.24, 2.45) is 0 Å². The maximum atomic E-state index is 12.5. The van der Waals surface area contributed by atoms with Crippen molar-refractivity contribution in [2.45, 2.75) is 6.54 Å². The summed E-state index contributed by atoms with van der Waals surface area (Å²) in [5, 5.41) is 11.9. The largest absolute Gasteiger partial charge is 0.294 e. The zero-order valence-electron chi connectivity index (χ0n) is 11.6. The average molecular weight is 350 g/mol. The maximum absolute atomic E-state index is 12.5. The molecule has 0 spiro atoms. The van der Waals surface area contributed by atoms with E-state index in [1.54, 1.807) is 18.2 Å². The van der Waals surface area contributed by atoms with Crippen molar-refractivity contribution in [1.82, 2.24) is 9.55 Å². The third-order valence-corrected chi connectivity index (χ3v) is 4.09. The number of nitro groups is 1. The predicted molar refractivity (Wildman–Crippen MR) is 88.2 cm³/mol. The fourth-order valence-corrected chi connectivity index (χ4v) is 2.53. The van der Waals surface area contributed by atoms with E-state index >= 15 is 0 Å². The number of nitrogens with zero attached hydrogens (tertiary/aromatic N) is 3. The smallest absolute Gasteiger partial charge is 0.270 e. The minimum Gasteiger partial charge on any atom is -0.294 e. The van der Waals surface area contributed by atoms with Crippen molar-refractivity contribution >= 4 is 39.8 Å². The lowest BCUT2D eigenvalue weighted by molar-refractivity contribution is -0.384. The molecule has 3 rings (SSSR count). The molecule has 1 aromatic heterocycles. The minimum absolute atomic E-state index is 0.149. The number of aromatic nitrogens is 2. The summed E-state index contributed by atoms with van der Waals surface area (Å²) >= 11 is 11.8. The zero-order valence-corrected chi connectivity index (χ0v) is 13.1. The topological polar surface area (TPSA) is 78.0 Å². The molecule has 0 unspecified atom stereocenters. The molecule has 0 fully saturated rings. The highest BCUT2D eigenvalue weighted by atomic mass is 35.5. The Bertz CT molecular complexity index is 985. The van der Waals surface area contributed by atoms with Crippen molar-refractivity contribution in [1.29, 1.82) is 0 Å². The van der Waals surface area contributed by atoms with Gasteiger partial charge in [0.15, 0.2) is 0 Å². The first-order valence-electron chi connectivity index (χ1n) is 6.53. The Morgan fingerprint density at radius 2 is 1.91 bits per heavy atom. The average Bonchev–Trinajstić information content (AvgIpc) is 2.53. The van der Waals surface area contributed by atoms with Gasteiger partial charge in [-0.3, -0.25) is 19.5 Å². The van der Waals surface area contributed by atoms with Gasteiger partial charge in [0.1, 0.15) is 0 Å². The molecule has 0 N–H and O–H groups in total. The molecule has 1 heterocycles. The highest BCUT2D eigenvalue weighted by Gasteiger charge is 2.11. The molecule has 0 aliphatic rings. The van der Waals surface area contributed by atoms with Crippen LogP contribution in [0.3, 0.4) is 0 Å². The number of hydrogen-bond donors (Lipinski definition) is 0. The van der Waals surface area contributed by atoms with Gasteiger partial charge in [-0.2, -0.15) is 0 Å². The molecule has 0 saturated carbocycles. The molecule has 116 valence electrons. The van der Waals surface area contributed by atoms with Crippen LogP contribution in [-0.4, -0.2) is 14.5 Å². The summed E-state index contributed by atoms with van der Waals surface area (Å²) in [6, 6.07) is 9.06. The third-order valence-electron chi connectivity index (χ3n) is 3.36. The minimum atomic E-state index is -0.546. The normalized spacial score (nSPS) is 10.9. The lowest BCUT2D eigenvalue weighted by Crippen LogP contribution is -2.21. The van der Waals surface area contributed by atoms with Crippen molar-refractivity contribution in [3.8, 4) is 0 Å². The number of nitro benzene ring substituents is 1. The summed E-state index contributed by atoms with van der Waals surface area (Å²) in [5.74, 6) is 0. The van der Waals surface area contributed by atoms with Crippen LogP contribution in [0.4, 0.5) is 5.69 Å². The fourth-order valence-electron chi connectivity index (χ4n) is 2.21. The molecule has 23 heavy (non-hydrogen) atoms. The first kappa shape index (κ1) is 15.5. The van der Waals surface area contributed by atoms with Crippen LogP contribution < -0.4 is 5.56 Å².